The number of hydrogen-bond donors (Lipinski definition) is 1. The molecule has 4 fully saturated rings. The van der Waals surface area contributed by atoms with E-state index in [-0.39, 0.29) is 16.5 Å². The first-order chi connectivity index (χ1) is 12.3. The molecule has 7 heteroatoms. The van der Waals surface area contributed by atoms with Crippen molar-refractivity contribution in [1.29, 1.82) is 0 Å². The molecule has 4 bridgehead atoms. The Morgan fingerprint density at radius 3 is 2.46 bits per heavy atom. The summed E-state index contributed by atoms with van der Waals surface area (Å²) in [6.07, 6.45) is 5.20. The van der Waals surface area contributed by atoms with E-state index in [9.17, 15) is 18.4 Å². The Kier molecular flexibility index (Phi) is 4.21. The van der Waals surface area contributed by atoms with Crippen molar-refractivity contribution in [3.63, 3.8) is 0 Å². The van der Waals surface area contributed by atoms with Crippen LogP contribution in [-0.2, 0) is 14.3 Å². The Morgan fingerprint density at radius 1 is 1.15 bits per heavy atom. The van der Waals surface area contributed by atoms with Gasteiger partial charge < -0.3 is 10.1 Å². The number of hydrogen-bond acceptors (Lipinski definition) is 3. The average Bonchev–Trinajstić information content (AvgIpc) is 2.53. The number of anilines is 1. The van der Waals surface area contributed by atoms with E-state index in [0.717, 1.165) is 44.2 Å². The van der Waals surface area contributed by atoms with Gasteiger partial charge in [0.1, 0.15) is 0 Å². The quantitative estimate of drug-likeness (QED) is 0.631. The predicted molar refractivity (Wildman–Crippen MR) is 91.6 cm³/mol. The summed E-state index contributed by atoms with van der Waals surface area (Å²) in [6.45, 7) is -0.454. The van der Waals surface area contributed by atoms with Crippen LogP contribution >= 0.6 is 11.6 Å². The van der Waals surface area contributed by atoms with Gasteiger partial charge in [0.05, 0.1) is 5.41 Å². The van der Waals surface area contributed by atoms with E-state index >= 15 is 0 Å². The van der Waals surface area contributed by atoms with Crippen LogP contribution < -0.4 is 5.32 Å². The molecule has 4 aliphatic rings. The van der Waals surface area contributed by atoms with Crippen molar-refractivity contribution in [1.82, 2.24) is 0 Å². The van der Waals surface area contributed by atoms with Crippen molar-refractivity contribution in [2.45, 2.75) is 43.4 Å². The van der Waals surface area contributed by atoms with Crippen LogP contribution in [0.1, 0.15) is 38.5 Å². The molecule has 4 atom stereocenters. The van der Waals surface area contributed by atoms with E-state index in [2.05, 4.69) is 5.32 Å². The fourth-order valence-corrected chi connectivity index (χ4v) is 6.14. The third kappa shape index (κ3) is 3.20. The molecule has 4 saturated carbocycles. The monoisotopic (exact) mass is 383 g/mol. The number of amides is 1. The summed E-state index contributed by atoms with van der Waals surface area (Å²) < 4.78 is 31.4. The Balaban J connectivity index is 1.36. The van der Waals surface area contributed by atoms with Gasteiger partial charge in [0.25, 0.3) is 5.91 Å². The molecule has 140 valence electrons. The molecule has 5 rings (SSSR count). The molecule has 0 saturated heterocycles. The SMILES string of the molecule is O=C(COC(=O)C12C[C@@H]3C[C@@H](CC(Cl)(C3)C1)C2)Nc1ccc(F)c(F)c1. The molecule has 1 aromatic carbocycles. The van der Waals surface area contributed by atoms with E-state index in [1.54, 1.807) is 0 Å². The van der Waals surface area contributed by atoms with Crippen molar-refractivity contribution in [2.24, 2.45) is 17.3 Å². The molecular formula is C19H20ClF2NO3. The second-order valence-electron chi connectivity index (χ2n) is 8.15. The van der Waals surface area contributed by atoms with Gasteiger partial charge in [-0.3, -0.25) is 9.59 Å². The standard InChI is InChI=1S/C19H20ClF2NO3/c20-19-7-11-3-12(8-19)6-18(5-11,10-19)17(25)26-9-16(24)23-13-1-2-14(21)15(22)4-13/h1-2,4,11-12H,3,5-10H2,(H,23,24)/t11-,12+,18?,19?. The second kappa shape index (κ2) is 6.19. The minimum atomic E-state index is -1.05. The average molecular weight is 384 g/mol. The predicted octanol–water partition coefficient (Wildman–Crippen LogP) is 4.02. The van der Waals surface area contributed by atoms with Crippen molar-refractivity contribution in [3.05, 3.63) is 29.8 Å². The van der Waals surface area contributed by atoms with Crippen LogP contribution in [0, 0.1) is 28.9 Å². The highest BCUT2D eigenvalue weighted by atomic mass is 35.5. The molecule has 4 aliphatic carbocycles. The van der Waals surface area contributed by atoms with Crippen molar-refractivity contribution >= 4 is 29.2 Å². The molecule has 0 aliphatic heterocycles. The lowest BCUT2D eigenvalue weighted by molar-refractivity contribution is -0.171. The van der Waals surface area contributed by atoms with Crippen LogP contribution in [0.2, 0.25) is 0 Å². The van der Waals surface area contributed by atoms with E-state index in [1.165, 1.54) is 6.07 Å². The summed E-state index contributed by atoms with van der Waals surface area (Å²) in [7, 11) is 0. The third-order valence-corrected chi connectivity index (χ3v) is 6.40. The number of carbonyl (C=O) groups is 2. The zero-order valence-corrected chi connectivity index (χ0v) is 15.0. The number of benzene rings is 1. The molecule has 4 nitrogen and oxygen atoms in total. The van der Waals surface area contributed by atoms with Crippen molar-refractivity contribution < 1.29 is 23.1 Å². The molecule has 1 aromatic rings. The van der Waals surface area contributed by atoms with Crippen molar-refractivity contribution in [2.75, 3.05) is 11.9 Å². The van der Waals surface area contributed by atoms with Gasteiger partial charge in [-0.05, 0) is 62.5 Å². The van der Waals surface area contributed by atoms with E-state index < -0.39 is 29.6 Å². The number of ether oxygens (including phenoxy) is 1. The van der Waals surface area contributed by atoms with Crippen LogP contribution in [-0.4, -0.2) is 23.4 Å². The van der Waals surface area contributed by atoms with Crippen LogP contribution in [0.4, 0.5) is 14.5 Å². The van der Waals surface area contributed by atoms with Crippen LogP contribution in [0.3, 0.4) is 0 Å². The van der Waals surface area contributed by atoms with Gasteiger partial charge in [0.2, 0.25) is 0 Å². The minimum Gasteiger partial charge on any atom is -0.455 e. The topological polar surface area (TPSA) is 55.4 Å². The second-order valence-corrected chi connectivity index (χ2v) is 8.95. The summed E-state index contributed by atoms with van der Waals surface area (Å²) in [5, 5.41) is 2.40. The van der Waals surface area contributed by atoms with E-state index in [0.29, 0.717) is 18.3 Å². The highest BCUT2D eigenvalue weighted by Crippen LogP contribution is 2.64. The van der Waals surface area contributed by atoms with Gasteiger partial charge in [0, 0.05) is 16.6 Å². The molecule has 0 aromatic heterocycles. The normalized spacial score (nSPS) is 34.6. The van der Waals surface area contributed by atoms with Gasteiger partial charge >= 0.3 is 5.97 Å². The summed E-state index contributed by atoms with van der Waals surface area (Å²) in [6, 6.07) is 3.05. The maximum Gasteiger partial charge on any atom is 0.312 e. The first kappa shape index (κ1) is 17.7. The lowest BCUT2D eigenvalue weighted by Gasteiger charge is -2.58. The van der Waals surface area contributed by atoms with Gasteiger partial charge in [-0.1, -0.05) is 0 Å². The fourth-order valence-electron chi connectivity index (χ4n) is 5.44. The van der Waals surface area contributed by atoms with Gasteiger partial charge in [0.15, 0.2) is 18.2 Å². The Bertz CT molecular complexity index is 755. The molecule has 1 amide bonds. The largest absolute Gasteiger partial charge is 0.455 e. The van der Waals surface area contributed by atoms with Crippen LogP contribution in [0.5, 0.6) is 0 Å². The summed E-state index contributed by atoms with van der Waals surface area (Å²) in [5.41, 5.74) is -0.465. The Morgan fingerprint density at radius 2 is 1.85 bits per heavy atom. The summed E-state index contributed by atoms with van der Waals surface area (Å²) in [5.74, 6) is -2.09. The van der Waals surface area contributed by atoms with Crippen LogP contribution in [0.15, 0.2) is 18.2 Å². The summed E-state index contributed by atoms with van der Waals surface area (Å²) in [4.78, 5) is 24.4. The molecule has 0 radical (unpaired) electrons. The first-order valence-corrected chi connectivity index (χ1v) is 9.26. The Hall–Kier alpha value is -1.69. The number of carbonyl (C=O) groups excluding carboxylic acids is 2. The van der Waals surface area contributed by atoms with Gasteiger partial charge in [-0.25, -0.2) is 8.78 Å². The lowest BCUT2D eigenvalue weighted by Crippen LogP contribution is -2.56. The number of nitrogens with one attached hydrogen (secondary N) is 1. The smallest absolute Gasteiger partial charge is 0.312 e. The summed E-state index contributed by atoms with van der Waals surface area (Å²) >= 11 is 6.71. The van der Waals surface area contributed by atoms with Gasteiger partial charge in [-0.15, -0.1) is 11.6 Å². The van der Waals surface area contributed by atoms with Gasteiger partial charge in [-0.2, -0.15) is 0 Å². The first-order valence-electron chi connectivity index (χ1n) is 8.88. The minimum absolute atomic E-state index is 0.111. The molecule has 1 N–H and O–H groups in total. The lowest BCUT2D eigenvalue weighted by atomic mass is 9.49. The number of halogens is 3. The Labute approximate surface area is 155 Å². The van der Waals surface area contributed by atoms with Crippen LogP contribution in [0.25, 0.3) is 0 Å². The molecule has 2 unspecified atom stereocenters. The molecule has 0 heterocycles. The highest BCUT2D eigenvalue weighted by Gasteiger charge is 2.60. The zero-order chi connectivity index (χ0) is 18.5. The maximum atomic E-state index is 13.2. The fraction of sp³-hybridized carbons (Fsp3) is 0.579. The zero-order valence-electron chi connectivity index (χ0n) is 14.2. The molecular weight excluding hydrogens is 364 g/mol. The number of rotatable bonds is 4. The number of alkyl halides is 1. The van der Waals surface area contributed by atoms with E-state index in [1.807, 2.05) is 0 Å². The molecule has 26 heavy (non-hydrogen) atoms. The number of esters is 1. The highest BCUT2D eigenvalue weighted by molar-refractivity contribution is 6.24. The molecule has 0 spiro atoms. The maximum absolute atomic E-state index is 13.2. The van der Waals surface area contributed by atoms with E-state index in [4.69, 9.17) is 16.3 Å². The third-order valence-electron chi connectivity index (χ3n) is 5.96. The van der Waals surface area contributed by atoms with Crippen molar-refractivity contribution in [3.8, 4) is 0 Å².